The number of amides is 1. The number of aromatic nitrogens is 4. The fourth-order valence-corrected chi connectivity index (χ4v) is 7.83. The predicted octanol–water partition coefficient (Wildman–Crippen LogP) is 6.39. The van der Waals surface area contributed by atoms with Gasteiger partial charge in [0.1, 0.15) is 11.2 Å². The number of carbonyl (C=O) groups is 1. The molecule has 1 unspecified atom stereocenters. The third kappa shape index (κ3) is 6.12. The lowest BCUT2D eigenvalue weighted by Gasteiger charge is -2.37. The molecule has 2 N–H and O–H groups in total. The summed E-state index contributed by atoms with van der Waals surface area (Å²) in [4.78, 5) is 37.3. The van der Waals surface area contributed by atoms with Crippen LogP contribution in [0.5, 0.6) is 0 Å². The summed E-state index contributed by atoms with van der Waals surface area (Å²) in [6.07, 6.45) is 5.84. The number of imidazole rings is 1. The first-order valence-electron chi connectivity index (χ1n) is 17.0. The van der Waals surface area contributed by atoms with Crippen LogP contribution >= 0.6 is 11.6 Å². The smallest absolute Gasteiger partial charge is 0.377 e. The molecule has 1 amide bonds. The van der Waals surface area contributed by atoms with Gasteiger partial charge in [0.15, 0.2) is 17.6 Å². The fraction of sp³-hybridized carbons (Fsp3) is 0.486. The van der Waals surface area contributed by atoms with Crippen LogP contribution in [0, 0.1) is 11.8 Å². The molecule has 2 atom stereocenters. The van der Waals surface area contributed by atoms with Gasteiger partial charge >= 0.3 is 6.09 Å². The molecule has 12 heteroatoms. The molecule has 3 aliphatic heterocycles. The number of hydrogen-bond acceptors (Lipinski definition) is 9. The van der Waals surface area contributed by atoms with E-state index in [0.29, 0.717) is 42.2 Å². The largest absolute Gasteiger partial charge is 0.427 e. The van der Waals surface area contributed by atoms with E-state index in [0.717, 1.165) is 66.8 Å². The molecule has 246 valence electrons. The maximum Gasteiger partial charge on any atom is 0.427 e. The molecule has 2 aromatic heterocycles. The summed E-state index contributed by atoms with van der Waals surface area (Å²) in [5.41, 5.74) is 8.09. The number of ether oxygens (including phenoxy) is 1. The molecule has 1 aliphatic carbocycles. The molecule has 5 heterocycles. The maximum atomic E-state index is 12.0. The number of halogens is 1. The Morgan fingerprint density at radius 3 is 2.55 bits per heavy atom. The highest BCUT2D eigenvalue weighted by Crippen LogP contribution is 2.40. The number of rotatable bonds is 7. The summed E-state index contributed by atoms with van der Waals surface area (Å²) >= 11 is 6.83. The average molecular weight is 657 g/mol. The molecule has 4 aliphatic rings. The number of fused-ring (bicyclic) bond motifs is 1. The molecule has 0 radical (unpaired) electrons. The maximum absolute atomic E-state index is 12.0. The first-order valence-corrected chi connectivity index (χ1v) is 17.3. The topological polar surface area (TPSA) is 110 Å². The number of benzene rings is 2. The van der Waals surface area contributed by atoms with Crippen molar-refractivity contribution >= 4 is 40.5 Å². The van der Waals surface area contributed by atoms with Gasteiger partial charge in [-0.2, -0.15) is 4.98 Å². The minimum Gasteiger partial charge on any atom is -0.377 e. The van der Waals surface area contributed by atoms with Crippen LogP contribution in [0.4, 0.5) is 16.4 Å². The summed E-state index contributed by atoms with van der Waals surface area (Å²) in [5.74, 6) is 2.50. The summed E-state index contributed by atoms with van der Waals surface area (Å²) in [6.45, 7) is 7.05. The van der Waals surface area contributed by atoms with Gasteiger partial charge in [0.05, 0.1) is 19.3 Å². The van der Waals surface area contributed by atoms with E-state index >= 15 is 0 Å². The number of anilines is 2. The molecule has 3 saturated heterocycles. The van der Waals surface area contributed by atoms with Crippen LogP contribution in [-0.2, 0) is 16.1 Å². The fourth-order valence-electron chi connectivity index (χ4n) is 7.60. The quantitative estimate of drug-likeness (QED) is 0.234. The van der Waals surface area contributed by atoms with Crippen LogP contribution in [0.3, 0.4) is 0 Å². The number of nitrogens with one attached hydrogen (secondary N) is 2. The highest BCUT2D eigenvalue weighted by atomic mass is 35.5. The number of hydrogen-bond donors (Lipinski definition) is 2. The van der Waals surface area contributed by atoms with Crippen molar-refractivity contribution in [2.24, 2.45) is 11.8 Å². The molecule has 11 nitrogen and oxygen atoms in total. The molecule has 0 spiro atoms. The highest BCUT2D eigenvalue weighted by molar-refractivity contribution is 6.31. The second-order valence-corrected chi connectivity index (χ2v) is 13.9. The number of carbonyl (C=O) groups excluding carboxylic acids is 1. The van der Waals surface area contributed by atoms with Gasteiger partial charge in [0.25, 0.3) is 0 Å². The molecule has 8 rings (SSSR count). The van der Waals surface area contributed by atoms with Gasteiger partial charge < -0.3 is 23.9 Å². The SMILES string of the molecule is CC1CCC(Cn2c(N3CCOC[C@H]3c3ccccc3)nc3nc(C4NOC(=O)N4)nc(-c4cc(Cl)cc(N5CCCC5)c4)c32)CC1. The van der Waals surface area contributed by atoms with Crippen molar-refractivity contribution in [2.45, 2.75) is 64.2 Å². The average Bonchev–Trinajstić information content (AvgIpc) is 3.87. The van der Waals surface area contributed by atoms with Crippen molar-refractivity contribution in [2.75, 3.05) is 42.6 Å². The monoisotopic (exact) mass is 656 g/mol. The number of nitrogens with zero attached hydrogens (tertiary/aromatic N) is 6. The van der Waals surface area contributed by atoms with Crippen molar-refractivity contribution < 1.29 is 14.4 Å². The standard InChI is InChI=1S/C35H41ClN8O3/c1-22-9-11-23(12-10-22)20-44-30-29(25-17-26(36)19-27(18-25)42-13-5-6-14-42)37-32(33-40-35(45)47-41-33)38-31(30)39-34(44)43-15-16-46-21-28(43)24-7-3-2-4-8-24/h2-4,7-8,17-19,22-23,28,33,41H,5-6,9-16,20-21H2,1H3,(H,40,45)/t22?,23?,28-,33?/m0/s1. The summed E-state index contributed by atoms with van der Waals surface area (Å²) in [5, 5.41) is 3.42. The van der Waals surface area contributed by atoms with Crippen LogP contribution in [0.25, 0.3) is 22.4 Å². The Morgan fingerprint density at radius 1 is 0.979 bits per heavy atom. The zero-order valence-corrected chi connectivity index (χ0v) is 27.5. The Bertz CT molecular complexity index is 1750. The van der Waals surface area contributed by atoms with Gasteiger partial charge in [0, 0.05) is 42.5 Å². The van der Waals surface area contributed by atoms with Gasteiger partial charge in [-0.1, -0.05) is 61.7 Å². The van der Waals surface area contributed by atoms with Crippen molar-refractivity contribution in [3.05, 3.63) is 64.9 Å². The van der Waals surface area contributed by atoms with E-state index in [1.54, 1.807) is 0 Å². The van der Waals surface area contributed by atoms with Crippen LogP contribution in [0.1, 0.15) is 69.0 Å². The number of hydroxylamine groups is 1. The summed E-state index contributed by atoms with van der Waals surface area (Å²) < 4.78 is 8.41. The van der Waals surface area contributed by atoms with E-state index in [9.17, 15) is 4.79 Å². The minimum absolute atomic E-state index is 0.0000965. The van der Waals surface area contributed by atoms with E-state index in [2.05, 4.69) is 62.4 Å². The van der Waals surface area contributed by atoms with Crippen LogP contribution in [0.15, 0.2) is 48.5 Å². The highest BCUT2D eigenvalue weighted by Gasteiger charge is 2.34. The molecule has 4 fully saturated rings. The lowest BCUT2D eigenvalue weighted by Crippen LogP contribution is -2.41. The Kier molecular flexibility index (Phi) is 8.37. The van der Waals surface area contributed by atoms with Crippen molar-refractivity contribution in [3.8, 4) is 11.3 Å². The Labute approximate surface area is 279 Å². The Hall–Kier alpha value is -3.93. The normalized spacial score (nSPS) is 24.9. The first-order chi connectivity index (χ1) is 23.0. The lowest BCUT2D eigenvalue weighted by atomic mass is 9.83. The first kappa shape index (κ1) is 30.4. The van der Waals surface area contributed by atoms with Crippen molar-refractivity contribution in [1.82, 2.24) is 30.3 Å². The Balaban J connectivity index is 1.33. The Morgan fingerprint density at radius 2 is 1.79 bits per heavy atom. The van der Waals surface area contributed by atoms with Gasteiger partial charge in [0.2, 0.25) is 5.95 Å². The molecule has 1 saturated carbocycles. The minimum atomic E-state index is -0.711. The third-order valence-electron chi connectivity index (χ3n) is 10.2. The van der Waals surface area contributed by atoms with E-state index < -0.39 is 12.3 Å². The van der Waals surface area contributed by atoms with Crippen LogP contribution in [0.2, 0.25) is 5.02 Å². The van der Waals surface area contributed by atoms with Crippen molar-refractivity contribution in [3.63, 3.8) is 0 Å². The molecule has 0 bridgehead atoms. The second-order valence-electron chi connectivity index (χ2n) is 13.4. The molecule has 2 aromatic carbocycles. The number of morpholine rings is 1. The lowest BCUT2D eigenvalue weighted by molar-refractivity contribution is 0.0927. The zero-order chi connectivity index (χ0) is 31.9. The summed E-state index contributed by atoms with van der Waals surface area (Å²) in [6, 6.07) is 16.7. The summed E-state index contributed by atoms with van der Waals surface area (Å²) in [7, 11) is 0. The van der Waals surface area contributed by atoms with E-state index in [1.165, 1.54) is 31.2 Å². The van der Waals surface area contributed by atoms with E-state index in [-0.39, 0.29) is 6.04 Å². The third-order valence-corrected chi connectivity index (χ3v) is 10.4. The van der Waals surface area contributed by atoms with Crippen LogP contribution in [-0.4, -0.2) is 58.5 Å². The van der Waals surface area contributed by atoms with Gasteiger partial charge in [-0.25, -0.2) is 14.8 Å². The van der Waals surface area contributed by atoms with E-state index in [4.69, 9.17) is 36.1 Å². The van der Waals surface area contributed by atoms with Gasteiger partial charge in [-0.05, 0) is 61.3 Å². The molecule has 47 heavy (non-hydrogen) atoms. The van der Waals surface area contributed by atoms with Crippen molar-refractivity contribution in [1.29, 1.82) is 0 Å². The zero-order valence-electron chi connectivity index (χ0n) is 26.7. The molecule has 4 aromatic rings. The predicted molar refractivity (Wildman–Crippen MR) is 181 cm³/mol. The second kappa shape index (κ2) is 12.9. The molecular weight excluding hydrogens is 616 g/mol. The van der Waals surface area contributed by atoms with Gasteiger partial charge in [-0.3, -0.25) is 5.32 Å². The van der Waals surface area contributed by atoms with Gasteiger partial charge in [-0.15, -0.1) is 5.48 Å². The van der Waals surface area contributed by atoms with Crippen LogP contribution < -0.4 is 20.6 Å². The van der Waals surface area contributed by atoms with E-state index in [1.807, 2.05) is 18.2 Å². The molecular formula is C35H41ClN8O3.